The van der Waals surface area contributed by atoms with Crippen molar-refractivity contribution in [2.24, 2.45) is 0 Å². The molecule has 0 spiro atoms. The predicted octanol–water partition coefficient (Wildman–Crippen LogP) is 8.63. The summed E-state index contributed by atoms with van der Waals surface area (Å²) < 4.78 is 14.8. The molecule has 35 heavy (non-hydrogen) atoms. The van der Waals surface area contributed by atoms with Crippen LogP contribution in [0.1, 0.15) is 59.6 Å². The summed E-state index contributed by atoms with van der Waals surface area (Å²) in [6.07, 6.45) is 8.95. The average molecular weight is 461 g/mol. The molecule has 0 aliphatic rings. The van der Waals surface area contributed by atoms with Gasteiger partial charge in [-0.05, 0) is 90.4 Å². The van der Waals surface area contributed by atoms with Crippen molar-refractivity contribution in [1.82, 2.24) is 0 Å². The second-order valence-corrected chi connectivity index (χ2v) is 9.17. The van der Waals surface area contributed by atoms with Crippen molar-refractivity contribution in [2.75, 3.05) is 0 Å². The zero-order chi connectivity index (χ0) is 24.5. The molecule has 0 unspecified atom stereocenters. The van der Waals surface area contributed by atoms with Crippen molar-refractivity contribution in [3.8, 4) is 11.8 Å². The van der Waals surface area contributed by atoms with Gasteiger partial charge < -0.3 is 0 Å². The van der Waals surface area contributed by atoms with Crippen LogP contribution >= 0.6 is 0 Å². The molecule has 0 atom stereocenters. The third-order valence-corrected chi connectivity index (χ3v) is 6.50. The van der Waals surface area contributed by atoms with Gasteiger partial charge in [-0.3, -0.25) is 0 Å². The summed E-state index contributed by atoms with van der Waals surface area (Å²) in [4.78, 5) is 0. The maximum Gasteiger partial charge on any atom is 0.134 e. The van der Waals surface area contributed by atoms with Gasteiger partial charge in [0.2, 0.25) is 0 Å². The van der Waals surface area contributed by atoms with Crippen molar-refractivity contribution < 1.29 is 4.39 Å². The highest BCUT2D eigenvalue weighted by atomic mass is 19.1. The van der Waals surface area contributed by atoms with E-state index in [4.69, 9.17) is 0 Å². The van der Waals surface area contributed by atoms with Crippen molar-refractivity contribution in [1.29, 1.82) is 0 Å². The third kappa shape index (κ3) is 6.71. The smallest absolute Gasteiger partial charge is 0.134 e. The Hall–Kier alpha value is -3.63. The first-order valence-electron chi connectivity index (χ1n) is 12.7. The summed E-state index contributed by atoms with van der Waals surface area (Å²) in [5.41, 5.74) is 6.73. The Morgan fingerprint density at radius 2 is 1.31 bits per heavy atom. The van der Waals surface area contributed by atoms with Gasteiger partial charge in [-0.2, -0.15) is 0 Å². The minimum Gasteiger partial charge on any atom is -0.206 e. The zero-order valence-corrected chi connectivity index (χ0v) is 20.6. The minimum absolute atomic E-state index is 0.0883. The number of rotatable bonds is 9. The topological polar surface area (TPSA) is 0 Å². The highest BCUT2D eigenvalue weighted by Crippen LogP contribution is 2.23. The molecular weight excluding hydrogens is 427 g/mol. The summed E-state index contributed by atoms with van der Waals surface area (Å²) in [6.45, 7) is 5.92. The lowest BCUT2D eigenvalue weighted by atomic mass is 10.00. The normalized spacial score (nSPS) is 10.7. The van der Waals surface area contributed by atoms with Gasteiger partial charge in [-0.1, -0.05) is 85.9 Å². The maximum atomic E-state index is 14.8. The first-order chi connectivity index (χ1) is 17.2. The Morgan fingerprint density at radius 3 is 1.97 bits per heavy atom. The first-order valence-corrected chi connectivity index (χ1v) is 12.7. The number of hydrogen-bond donors (Lipinski definition) is 0. The Balaban J connectivity index is 1.37. The number of halogens is 1. The number of hydrogen-bond acceptors (Lipinski definition) is 0. The van der Waals surface area contributed by atoms with E-state index in [0.29, 0.717) is 5.39 Å². The highest BCUT2D eigenvalue weighted by molar-refractivity contribution is 5.85. The van der Waals surface area contributed by atoms with E-state index in [-0.39, 0.29) is 5.82 Å². The largest absolute Gasteiger partial charge is 0.206 e. The molecule has 0 saturated heterocycles. The van der Waals surface area contributed by atoms with E-state index in [1.807, 2.05) is 36.4 Å². The second kappa shape index (κ2) is 12.2. The number of unbranched alkanes of at least 4 members (excludes halogenated alkanes) is 1. The second-order valence-electron chi connectivity index (χ2n) is 9.17. The van der Waals surface area contributed by atoms with Crippen LogP contribution in [0.4, 0.5) is 4.39 Å². The molecule has 176 valence electrons. The van der Waals surface area contributed by atoms with Crippen molar-refractivity contribution >= 4 is 10.8 Å². The van der Waals surface area contributed by atoms with Crippen LogP contribution in [0.5, 0.6) is 0 Å². The molecule has 0 fully saturated rings. The third-order valence-electron chi connectivity index (χ3n) is 6.50. The van der Waals surface area contributed by atoms with Gasteiger partial charge in [0.05, 0.1) is 0 Å². The molecule has 0 nitrogen and oxygen atoms in total. The lowest BCUT2D eigenvalue weighted by molar-refractivity contribution is 0.614. The molecule has 4 aromatic carbocycles. The average Bonchev–Trinajstić information content (AvgIpc) is 2.90. The summed E-state index contributed by atoms with van der Waals surface area (Å²) in [5.74, 6) is 6.40. The quantitative estimate of drug-likeness (QED) is 0.173. The Morgan fingerprint density at radius 1 is 0.714 bits per heavy atom. The van der Waals surface area contributed by atoms with Gasteiger partial charge in [0.25, 0.3) is 0 Å². The van der Waals surface area contributed by atoms with Crippen LogP contribution in [0.3, 0.4) is 0 Å². The molecular formula is C34H33F. The lowest BCUT2D eigenvalue weighted by Crippen LogP contribution is -1.93. The molecule has 0 bridgehead atoms. The van der Waals surface area contributed by atoms with Crippen LogP contribution in [0.15, 0.2) is 91.5 Å². The van der Waals surface area contributed by atoms with E-state index in [0.717, 1.165) is 67.0 Å². The van der Waals surface area contributed by atoms with E-state index in [1.54, 1.807) is 0 Å². The Kier molecular flexibility index (Phi) is 8.53. The fraction of sp³-hybridized carbons (Fsp3) is 0.235. The van der Waals surface area contributed by atoms with E-state index in [1.165, 1.54) is 16.7 Å². The van der Waals surface area contributed by atoms with Crippen molar-refractivity contribution in [3.63, 3.8) is 0 Å². The predicted molar refractivity (Wildman–Crippen MR) is 147 cm³/mol. The summed E-state index contributed by atoms with van der Waals surface area (Å²) in [5, 5.41) is 1.58. The van der Waals surface area contributed by atoms with Gasteiger partial charge in [-0.15, -0.1) is 6.58 Å². The lowest BCUT2D eigenvalue weighted by Gasteiger charge is -2.06. The fourth-order valence-electron chi connectivity index (χ4n) is 4.30. The van der Waals surface area contributed by atoms with Crippen LogP contribution in [0.2, 0.25) is 0 Å². The molecule has 0 N–H and O–H groups in total. The molecule has 0 radical (unpaired) electrons. The molecule has 0 aliphatic heterocycles. The van der Waals surface area contributed by atoms with Crippen molar-refractivity contribution in [2.45, 2.75) is 51.9 Å². The van der Waals surface area contributed by atoms with E-state index in [9.17, 15) is 4.39 Å². The monoisotopic (exact) mass is 460 g/mol. The van der Waals surface area contributed by atoms with Gasteiger partial charge in [-0.25, -0.2) is 4.39 Å². The van der Waals surface area contributed by atoms with E-state index >= 15 is 0 Å². The molecule has 4 aromatic rings. The standard InChI is InChI=1S/C34H33F/c1-3-5-7-26-9-11-27(12-10-26)13-14-28-15-17-29(18-16-28)19-20-30-21-24-33-32(25-30)23-22-31(34(33)35)8-6-4-2/h3,9-12,15-18,21-25H,1,4-8,13-14H2,2H3. The molecule has 0 aliphatic carbocycles. The van der Waals surface area contributed by atoms with Gasteiger partial charge in [0.15, 0.2) is 0 Å². The zero-order valence-electron chi connectivity index (χ0n) is 20.6. The van der Waals surface area contributed by atoms with Gasteiger partial charge >= 0.3 is 0 Å². The van der Waals surface area contributed by atoms with Gasteiger partial charge in [0.1, 0.15) is 5.82 Å². The van der Waals surface area contributed by atoms with Crippen LogP contribution in [-0.4, -0.2) is 0 Å². The van der Waals surface area contributed by atoms with E-state index in [2.05, 4.69) is 73.9 Å². The molecule has 1 heteroatoms. The van der Waals surface area contributed by atoms with Crippen LogP contribution in [0.25, 0.3) is 10.8 Å². The van der Waals surface area contributed by atoms with Crippen LogP contribution in [0, 0.1) is 17.7 Å². The molecule has 0 saturated carbocycles. The minimum atomic E-state index is -0.0883. The van der Waals surface area contributed by atoms with Gasteiger partial charge in [0, 0.05) is 16.5 Å². The van der Waals surface area contributed by atoms with Crippen molar-refractivity contribution in [3.05, 3.63) is 131 Å². The maximum absolute atomic E-state index is 14.8. The molecule has 0 aromatic heterocycles. The first kappa shape index (κ1) is 24.5. The Labute approximate surface area is 209 Å². The SMILES string of the molecule is C=CCCc1ccc(CCc2ccc(C#Cc3ccc4c(F)c(CCCC)ccc4c3)cc2)cc1. The van der Waals surface area contributed by atoms with E-state index < -0.39 is 0 Å². The summed E-state index contributed by atoms with van der Waals surface area (Å²) >= 11 is 0. The summed E-state index contributed by atoms with van der Waals surface area (Å²) in [6, 6.07) is 27.1. The number of aryl methyl sites for hydroxylation is 4. The molecule has 0 heterocycles. The van der Waals surface area contributed by atoms with Crippen LogP contribution < -0.4 is 0 Å². The molecule has 4 rings (SSSR count). The summed E-state index contributed by atoms with van der Waals surface area (Å²) in [7, 11) is 0. The highest BCUT2D eigenvalue weighted by Gasteiger charge is 2.07. The van der Waals surface area contributed by atoms with Crippen LogP contribution in [-0.2, 0) is 25.7 Å². The number of allylic oxidation sites excluding steroid dienone is 1. The Bertz CT molecular complexity index is 1330. The number of fused-ring (bicyclic) bond motifs is 1. The number of benzene rings is 4. The molecule has 0 amide bonds. The fourth-order valence-corrected chi connectivity index (χ4v) is 4.30.